The molecule has 1 amide bonds. The number of amides is 1. The first-order chi connectivity index (χ1) is 14.0. The van der Waals surface area contributed by atoms with Gasteiger partial charge < -0.3 is 10.1 Å². The quantitative estimate of drug-likeness (QED) is 0.543. The van der Waals surface area contributed by atoms with Crippen LogP contribution in [0.2, 0.25) is 0 Å². The second kappa shape index (κ2) is 9.64. The molecule has 0 saturated carbocycles. The van der Waals surface area contributed by atoms with E-state index in [1.54, 1.807) is 18.3 Å². The first kappa shape index (κ1) is 21.0. The van der Waals surface area contributed by atoms with Crippen molar-refractivity contribution < 1.29 is 17.9 Å². The van der Waals surface area contributed by atoms with Crippen LogP contribution in [0.5, 0.6) is 5.88 Å². The number of carbonyl (C=O) groups excluding carboxylic acids is 1. The number of benzene rings is 1. The van der Waals surface area contributed by atoms with Crippen LogP contribution < -0.4 is 14.8 Å². The molecule has 0 bridgehead atoms. The van der Waals surface area contributed by atoms with E-state index in [2.05, 4.69) is 15.0 Å². The van der Waals surface area contributed by atoms with Crippen LogP contribution in [-0.2, 0) is 23.1 Å². The predicted octanol–water partition coefficient (Wildman–Crippen LogP) is 2.95. The highest BCUT2D eigenvalue weighted by Gasteiger charge is 2.15. The topological polar surface area (TPSA) is 97.4 Å². The van der Waals surface area contributed by atoms with E-state index in [0.29, 0.717) is 24.6 Å². The summed E-state index contributed by atoms with van der Waals surface area (Å²) in [5.41, 5.74) is 1.23. The Kier molecular flexibility index (Phi) is 6.97. The van der Waals surface area contributed by atoms with E-state index >= 15 is 0 Å². The maximum Gasteiger partial charge on any atom is 0.251 e. The summed E-state index contributed by atoms with van der Waals surface area (Å²) in [6.45, 7) is 2.93. The molecule has 0 fully saturated rings. The second-order valence-electron chi connectivity index (χ2n) is 6.05. The van der Waals surface area contributed by atoms with E-state index in [-0.39, 0.29) is 17.3 Å². The molecule has 3 rings (SSSR count). The van der Waals surface area contributed by atoms with E-state index in [1.807, 2.05) is 24.4 Å². The Morgan fingerprint density at radius 3 is 2.62 bits per heavy atom. The maximum atomic E-state index is 12.4. The first-order valence-electron chi connectivity index (χ1n) is 8.96. The third-order valence-electron chi connectivity index (χ3n) is 3.99. The van der Waals surface area contributed by atoms with Crippen molar-refractivity contribution in [2.45, 2.75) is 24.9 Å². The van der Waals surface area contributed by atoms with Gasteiger partial charge in [0.15, 0.2) is 0 Å². The SMILES string of the molecule is CCOc1cc(CNC(=O)c2ccc(S(=O)(=O)NCc3cccs3)cc2)ccn1. The summed E-state index contributed by atoms with van der Waals surface area (Å²) in [5, 5.41) is 4.69. The average molecular weight is 432 g/mol. The molecular weight excluding hydrogens is 410 g/mol. The molecule has 2 aromatic heterocycles. The van der Waals surface area contributed by atoms with E-state index in [0.717, 1.165) is 10.4 Å². The number of aromatic nitrogens is 1. The molecule has 2 heterocycles. The van der Waals surface area contributed by atoms with Gasteiger partial charge in [-0.05, 0) is 54.3 Å². The number of sulfonamides is 1. The van der Waals surface area contributed by atoms with Crippen LogP contribution in [0.3, 0.4) is 0 Å². The van der Waals surface area contributed by atoms with Gasteiger partial charge in [0, 0.05) is 35.8 Å². The molecule has 3 aromatic rings. The minimum Gasteiger partial charge on any atom is -0.478 e. The highest BCUT2D eigenvalue weighted by Crippen LogP contribution is 2.14. The monoisotopic (exact) mass is 431 g/mol. The lowest BCUT2D eigenvalue weighted by Gasteiger charge is -2.09. The molecule has 152 valence electrons. The number of ether oxygens (including phenoxy) is 1. The molecule has 29 heavy (non-hydrogen) atoms. The zero-order chi connectivity index (χ0) is 20.7. The molecule has 0 aliphatic heterocycles. The fourth-order valence-electron chi connectivity index (χ4n) is 2.52. The van der Waals surface area contributed by atoms with Gasteiger partial charge in [-0.25, -0.2) is 18.1 Å². The Hall–Kier alpha value is -2.75. The summed E-state index contributed by atoms with van der Waals surface area (Å²) < 4.78 is 32.7. The Bertz CT molecular complexity index is 1050. The molecule has 7 nitrogen and oxygen atoms in total. The van der Waals surface area contributed by atoms with Crippen LogP contribution in [-0.4, -0.2) is 25.9 Å². The minimum atomic E-state index is -3.64. The van der Waals surface area contributed by atoms with Crippen molar-refractivity contribution in [2.24, 2.45) is 0 Å². The van der Waals surface area contributed by atoms with Gasteiger partial charge in [-0.2, -0.15) is 0 Å². The Morgan fingerprint density at radius 2 is 1.93 bits per heavy atom. The standard InChI is InChI=1S/C20H21N3O4S2/c1-2-27-19-12-15(9-10-21-19)13-22-20(24)16-5-7-18(8-6-16)29(25,26)23-14-17-4-3-11-28-17/h3-12,23H,2,13-14H2,1H3,(H,22,24). The molecule has 0 saturated heterocycles. The van der Waals surface area contributed by atoms with Crippen molar-refractivity contribution in [3.05, 3.63) is 76.1 Å². The van der Waals surface area contributed by atoms with Gasteiger partial charge >= 0.3 is 0 Å². The van der Waals surface area contributed by atoms with Crippen LogP contribution in [0.1, 0.15) is 27.7 Å². The molecule has 0 aliphatic rings. The zero-order valence-corrected chi connectivity index (χ0v) is 17.4. The normalized spacial score (nSPS) is 11.2. The van der Waals surface area contributed by atoms with Crippen molar-refractivity contribution in [3.8, 4) is 5.88 Å². The van der Waals surface area contributed by atoms with Crippen molar-refractivity contribution in [3.63, 3.8) is 0 Å². The average Bonchev–Trinajstić information content (AvgIpc) is 3.25. The zero-order valence-electron chi connectivity index (χ0n) is 15.8. The lowest BCUT2D eigenvalue weighted by Crippen LogP contribution is -2.24. The summed E-state index contributed by atoms with van der Waals surface area (Å²) >= 11 is 1.48. The molecule has 1 aromatic carbocycles. The summed E-state index contributed by atoms with van der Waals surface area (Å²) in [6, 6.07) is 13.1. The van der Waals surface area contributed by atoms with E-state index < -0.39 is 10.0 Å². The number of thiophene rings is 1. The van der Waals surface area contributed by atoms with Crippen molar-refractivity contribution in [1.82, 2.24) is 15.0 Å². The molecular formula is C20H21N3O4S2. The highest BCUT2D eigenvalue weighted by molar-refractivity contribution is 7.89. The summed E-state index contributed by atoms with van der Waals surface area (Å²) in [7, 11) is -3.64. The number of nitrogens with zero attached hydrogens (tertiary/aromatic N) is 1. The number of hydrogen-bond donors (Lipinski definition) is 2. The van der Waals surface area contributed by atoms with Gasteiger partial charge in [0.1, 0.15) is 0 Å². The van der Waals surface area contributed by atoms with Crippen molar-refractivity contribution in [1.29, 1.82) is 0 Å². The number of pyridine rings is 1. The molecule has 9 heteroatoms. The Labute approximate surface area is 173 Å². The summed E-state index contributed by atoms with van der Waals surface area (Å²) in [5.74, 6) is 0.208. The molecule has 0 atom stereocenters. The van der Waals surface area contributed by atoms with Crippen LogP contribution in [0.25, 0.3) is 0 Å². The third-order valence-corrected chi connectivity index (χ3v) is 6.28. The van der Waals surface area contributed by atoms with E-state index in [1.165, 1.54) is 35.6 Å². The van der Waals surface area contributed by atoms with Crippen molar-refractivity contribution >= 4 is 27.3 Å². The summed E-state index contributed by atoms with van der Waals surface area (Å²) in [4.78, 5) is 17.5. The largest absolute Gasteiger partial charge is 0.478 e. The fourth-order valence-corrected chi connectivity index (χ4v) is 4.26. The first-order valence-corrected chi connectivity index (χ1v) is 11.3. The molecule has 0 spiro atoms. The van der Waals surface area contributed by atoms with Crippen LogP contribution in [0.4, 0.5) is 0 Å². The van der Waals surface area contributed by atoms with Gasteiger partial charge in [-0.15, -0.1) is 11.3 Å². The fraction of sp³-hybridized carbons (Fsp3) is 0.200. The van der Waals surface area contributed by atoms with Crippen LogP contribution in [0, 0.1) is 0 Å². The summed E-state index contributed by atoms with van der Waals surface area (Å²) in [6.07, 6.45) is 1.62. The van der Waals surface area contributed by atoms with Gasteiger partial charge in [0.2, 0.25) is 15.9 Å². The maximum absolute atomic E-state index is 12.4. The van der Waals surface area contributed by atoms with Gasteiger partial charge in [-0.3, -0.25) is 4.79 Å². The van der Waals surface area contributed by atoms with Gasteiger partial charge in [0.25, 0.3) is 5.91 Å². The molecule has 0 aliphatic carbocycles. The lowest BCUT2D eigenvalue weighted by atomic mass is 10.2. The molecule has 0 unspecified atom stereocenters. The van der Waals surface area contributed by atoms with Gasteiger partial charge in [-0.1, -0.05) is 6.07 Å². The van der Waals surface area contributed by atoms with Crippen molar-refractivity contribution in [2.75, 3.05) is 6.61 Å². The Morgan fingerprint density at radius 1 is 1.14 bits per heavy atom. The molecule has 2 N–H and O–H groups in total. The van der Waals surface area contributed by atoms with Gasteiger partial charge in [0.05, 0.1) is 11.5 Å². The minimum absolute atomic E-state index is 0.112. The predicted molar refractivity (Wildman–Crippen MR) is 111 cm³/mol. The lowest BCUT2D eigenvalue weighted by molar-refractivity contribution is 0.0950. The molecule has 0 radical (unpaired) electrons. The van der Waals surface area contributed by atoms with E-state index in [9.17, 15) is 13.2 Å². The Balaban J connectivity index is 1.59. The number of hydrogen-bond acceptors (Lipinski definition) is 6. The third kappa shape index (κ3) is 5.86. The van der Waals surface area contributed by atoms with E-state index in [4.69, 9.17) is 4.74 Å². The number of rotatable bonds is 9. The number of carbonyl (C=O) groups is 1. The smallest absolute Gasteiger partial charge is 0.251 e. The second-order valence-corrected chi connectivity index (χ2v) is 8.85. The van der Waals surface area contributed by atoms with Crippen LogP contribution in [0.15, 0.2) is 65.0 Å². The highest BCUT2D eigenvalue weighted by atomic mass is 32.2. The van der Waals surface area contributed by atoms with Crippen LogP contribution >= 0.6 is 11.3 Å². The number of nitrogens with one attached hydrogen (secondary N) is 2.